The van der Waals surface area contributed by atoms with Crippen LogP contribution in [0.25, 0.3) is 0 Å². The van der Waals surface area contributed by atoms with Crippen LogP contribution in [0.2, 0.25) is 0 Å². The highest BCUT2D eigenvalue weighted by Gasteiger charge is 2.14. The molecule has 0 aliphatic rings. The first kappa shape index (κ1) is 13.5. The molecule has 0 fully saturated rings. The van der Waals surface area contributed by atoms with E-state index in [0.29, 0.717) is 13.0 Å². The van der Waals surface area contributed by atoms with E-state index < -0.39 is 0 Å². The van der Waals surface area contributed by atoms with Gasteiger partial charge in [0.1, 0.15) is 5.75 Å². The Morgan fingerprint density at radius 3 is 2.47 bits per heavy atom. The molecule has 0 aliphatic heterocycles. The van der Waals surface area contributed by atoms with Gasteiger partial charge in [-0.05, 0) is 24.6 Å². The van der Waals surface area contributed by atoms with Crippen molar-refractivity contribution in [3.8, 4) is 5.75 Å². The first-order valence-electron chi connectivity index (χ1n) is 5.67. The minimum Gasteiger partial charge on any atom is -0.497 e. The molecule has 0 aromatic heterocycles. The van der Waals surface area contributed by atoms with E-state index in [1.807, 2.05) is 31.2 Å². The number of hydrogen-bond donors (Lipinski definition) is 1. The van der Waals surface area contributed by atoms with E-state index in [1.165, 1.54) is 0 Å². The Labute approximate surface area is 102 Å². The number of benzene rings is 1. The summed E-state index contributed by atoms with van der Waals surface area (Å²) in [7, 11) is 3.40. The molecule has 2 N–H and O–H groups in total. The molecule has 0 spiro atoms. The average Bonchev–Trinajstić information content (AvgIpc) is 2.37. The molecule has 0 saturated carbocycles. The summed E-state index contributed by atoms with van der Waals surface area (Å²) < 4.78 is 5.07. The van der Waals surface area contributed by atoms with Gasteiger partial charge in [0.2, 0.25) is 5.91 Å². The number of hydrogen-bond acceptors (Lipinski definition) is 3. The molecule has 1 unspecified atom stereocenters. The number of carbonyl (C=O) groups excluding carboxylic acids is 1. The van der Waals surface area contributed by atoms with Crippen LogP contribution in [0.3, 0.4) is 0 Å². The minimum absolute atomic E-state index is 0.0701. The Morgan fingerprint density at radius 2 is 2.00 bits per heavy atom. The molecule has 0 heterocycles. The first-order valence-corrected chi connectivity index (χ1v) is 5.67. The Kier molecular flexibility index (Phi) is 4.97. The van der Waals surface area contributed by atoms with Crippen molar-refractivity contribution < 1.29 is 9.53 Å². The van der Waals surface area contributed by atoms with E-state index in [0.717, 1.165) is 11.3 Å². The molecular formula is C13H20N2O2. The molecule has 1 atom stereocenters. The summed E-state index contributed by atoms with van der Waals surface area (Å²) in [5, 5.41) is 0. The standard InChI is InChI=1S/C13H20N2O2/c1-10(9-14)15(2)13(16)8-11-4-6-12(17-3)7-5-11/h4-7,10H,8-9,14H2,1-3H3. The van der Waals surface area contributed by atoms with Crippen LogP contribution in [-0.2, 0) is 11.2 Å². The molecule has 94 valence electrons. The molecule has 0 radical (unpaired) electrons. The first-order chi connectivity index (χ1) is 8.08. The number of nitrogens with zero attached hydrogens (tertiary/aromatic N) is 1. The van der Waals surface area contributed by atoms with Gasteiger partial charge in [-0.3, -0.25) is 4.79 Å². The average molecular weight is 236 g/mol. The lowest BCUT2D eigenvalue weighted by molar-refractivity contribution is -0.130. The van der Waals surface area contributed by atoms with E-state index >= 15 is 0 Å². The third-order valence-electron chi connectivity index (χ3n) is 2.91. The fraction of sp³-hybridized carbons (Fsp3) is 0.462. The maximum Gasteiger partial charge on any atom is 0.227 e. The molecule has 1 aromatic rings. The lowest BCUT2D eigenvalue weighted by Gasteiger charge is -2.23. The summed E-state index contributed by atoms with van der Waals surface area (Å²) in [4.78, 5) is 13.6. The Hall–Kier alpha value is -1.55. The molecule has 0 bridgehead atoms. The van der Waals surface area contributed by atoms with Crippen molar-refractivity contribution in [1.82, 2.24) is 4.90 Å². The SMILES string of the molecule is COc1ccc(CC(=O)N(C)C(C)CN)cc1. The summed E-state index contributed by atoms with van der Waals surface area (Å²) in [6, 6.07) is 7.58. The largest absolute Gasteiger partial charge is 0.497 e. The van der Waals surface area contributed by atoms with Gasteiger partial charge in [0.15, 0.2) is 0 Å². The number of methoxy groups -OCH3 is 1. The quantitative estimate of drug-likeness (QED) is 0.831. The minimum atomic E-state index is 0.0701. The van der Waals surface area contributed by atoms with Crippen molar-refractivity contribution in [2.45, 2.75) is 19.4 Å². The van der Waals surface area contributed by atoms with Crippen LogP contribution in [0.1, 0.15) is 12.5 Å². The van der Waals surface area contributed by atoms with Crippen molar-refractivity contribution in [1.29, 1.82) is 0 Å². The van der Waals surface area contributed by atoms with Gasteiger partial charge in [-0.25, -0.2) is 0 Å². The highest BCUT2D eigenvalue weighted by atomic mass is 16.5. The smallest absolute Gasteiger partial charge is 0.227 e. The zero-order valence-electron chi connectivity index (χ0n) is 10.6. The molecule has 4 nitrogen and oxygen atoms in total. The van der Waals surface area contributed by atoms with Crippen LogP contribution in [0.4, 0.5) is 0 Å². The van der Waals surface area contributed by atoms with Gasteiger partial charge in [-0.1, -0.05) is 12.1 Å². The summed E-state index contributed by atoms with van der Waals surface area (Å²) in [6.45, 7) is 2.41. The number of amides is 1. The van der Waals surface area contributed by atoms with Gasteiger partial charge < -0.3 is 15.4 Å². The molecule has 1 aromatic carbocycles. The fourth-order valence-electron chi connectivity index (χ4n) is 1.45. The van der Waals surface area contributed by atoms with E-state index in [2.05, 4.69) is 0 Å². The number of carbonyl (C=O) groups is 1. The van der Waals surface area contributed by atoms with Crippen molar-refractivity contribution in [3.05, 3.63) is 29.8 Å². The zero-order chi connectivity index (χ0) is 12.8. The molecule has 17 heavy (non-hydrogen) atoms. The number of rotatable bonds is 5. The van der Waals surface area contributed by atoms with E-state index in [1.54, 1.807) is 19.1 Å². The van der Waals surface area contributed by atoms with Gasteiger partial charge >= 0.3 is 0 Å². The highest BCUT2D eigenvalue weighted by molar-refractivity contribution is 5.78. The van der Waals surface area contributed by atoms with Crippen LogP contribution in [-0.4, -0.2) is 37.6 Å². The Balaban J connectivity index is 2.61. The normalized spacial score (nSPS) is 12.0. The third-order valence-corrected chi connectivity index (χ3v) is 2.91. The maximum atomic E-state index is 11.9. The van der Waals surface area contributed by atoms with Crippen molar-refractivity contribution >= 4 is 5.91 Å². The van der Waals surface area contributed by atoms with Gasteiger partial charge in [-0.2, -0.15) is 0 Å². The highest BCUT2D eigenvalue weighted by Crippen LogP contribution is 2.12. The third kappa shape index (κ3) is 3.75. The summed E-state index contributed by atoms with van der Waals surface area (Å²) in [5.41, 5.74) is 6.51. The second-order valence-corrected chi connectivity index (χ2v) is 4.11. The van der Waals surface area contributed by atoms with Gasteiger partial charge in [0.05, 0.1) is 13.5 Å². The summed E-state index contributed by atoms with van der Waals surface area (Å²) >= 11 is 0. The monoisotopic (exact) mass is 236 g/mol. The molecular weight excluding hydrogens is 216 g/mol. The number of nitrogens with two attached hydrogens (primary N) is 1. The molecule has 4 heteroatoms. The van der Waals surface area contributed by atoms with E-state index in [9.17, 15) is 4.79 Å². The van der Waals surface area contributed by atoms with Crippen molar-refractivity contribution in [2.75, 3.05) is 20.7 Å². The second-order valence-electron chi connectivity index (χ2n) is 4.11. The van der Waals surface area contributed by atoms with Crippen LogP contribution in [0.5, 0.6) is 5.75 Å². The van der Waals surface area contributed by atoms with E-state index in [4.69, 9.17) is 10.5 Å². The zero-order valence-corrected chi connectivity index (χ0v) is 10.6. The Morgan fingerprint density at radius 1 is 1.41 bits per heavy atom. The predicted molar refractivity (Wildman–Crippen MR) is 68.0 cm³/mol. The van der Waals surface area contributed by atoms with Crippen molar-refractivity contribution in [2.24, 2.45) is 5.73 Å². The van der Waals surface area contributed by atoms with Crippen LogP contribution < -0.4 is 10.5 Å². The number of ether oxygens (including phenoxy) is 1. The summed E-state index contributed by atoms with van der Waals surface area (Å²) in [5.74, 6) is 0.873. The lowest BCUT2D eigenvalue weighted by atomic mass is 10.1. The molecule has 1 amide bonds. The van der Waals surface area contributed by atoms with Crippen LogP contribution in [0.15, 0.2) is 24.3 Å². The lowest BCUT2D eigenvalue weighted by Crippen LogP contribution is -2.40. The number of likely N-dealkylation sites (N-methyl/N-ethyl adjacent to an activating group) is 1. The topological polar surface area (TPSA) is 55.6 Å². The Bertz CT molecular complexity index is 362. The molecule has 1 rings (SSSR count). The van der Waals surface area contributed by atoms with Gasteiger partial charge in [0.25, 0.3) is 0 Å². The summed E-state index contributed by atoms with van der Waals surface area (Å²) in [6.07, 6.45) is 0.394. The van der Waals surface area contributed by atoms with Crippen molar-refractivity contribution in [3.63, 3.8) is 0 Å². The fourth-order valence-corrected chi connectivity index (χ4v) is 1.45. The van der Waals surface area contributed by atoms with Gasteiger partial charge in [0, 0.05) is 19.6 Å². The van der Waals surface area contributed by atoms with E-state index in [-0.39, 0.29) is 11.9 Å². The molecule has 0 aliphatic carbocycles. The van der Waals surface area contributed by atoms with Gasteiger partial charge in [-0.15, -0.1) is 0 Å². The predicted octanol–water partition coefficient (Wildman–Crippen LogP) is 1.04. The molecule has 0 saturated heterocycles. The maximum absolute atomic E-state index is 11.9. The second kappa shape index (κ2) is 6.25. The van der Waals surface area contributed by atoms with Crippen LogP contribution >= 0.6 is 0 Å². The van der Waals surface area contributed by atoms with Crippen LogP contribution in [0, 0.1) is 0 Å².